The van der Waals surface area contributed by atoms with E-state index in [0.717, 1.165) is 25.7 Å². The summed E-state index contributed by atoms with van der Waals surface area (Å²) in [5.74, 6) is 0.354. The van der Waals surface area contributed by atoms with Gasteiger partial charge in [-0.05, 0) is 36.9 Å². The fraction of sp³-hybridized carbons (Fsp3) is 0.562. The molecule has 116 valence electrons. The number of ether oxygens (including phenoxy) is 1. The first-order chi connectivity index (χ1) is 10.1. The fourth-order valence-corrected chi connectivity index (χ4v) is 3.07. The molecule has 1 aliphatic carbocycles. The van der Waals surface area contributed by atoms with E-state index in [9.17, 15) is 9.90 Å². The van der Waals surface area contributed by atoms with Gasteiger partial charge >= 0.3 is 0 Å². The van der Waals surface area contributed by atoms with E-state index in [1.165, 1.54) is 19.6 Å². The van der Waals surface area contributed by atoms with Gasteiger partial charge in [0.2, 0.25) is 5.91 Å². The summed E-state index contributed by atoms with van der Waals surface area (Å²) < 4.78 is 4.98. The minimum Gasteiger partial charge on any atom is -0.504 e. The average Bonchev–Trinajstić information content (AvgIpc) is 2.48. The minimum absolute atomic E-state index is 0.0153. The van der Waals surface area contributed by atoms with Crippen molar-refractivity contribution in [3.63, 3.8) is 0 Å². The van der Waals surface area contributed by atoms with Crippen LogP contribution in [0, 0.1) is 5.41 Å². The monoisotopic (exact) mass is 292 g/mol. The second-order valence-electron chi connectivity index (χ2n) is 5.88. The van der Waals surface area contributed by atoms with Crippen LogP contribution < -0.4 is 15.8 Å². The van der Waals surface area contributed by atoms with Crippen molar-refractivity contribution in [3.8, 4) is 11.5 Å². The highest BCUT2D eigenvalue weighted by molar-refractivity contribution is 5.91. The summed E-state index contributed by atoms with van der Waals surface area (Å²) in [6, 6.07) is 4.84. The number of benzene rings is 1. The summed E-state index contributed by atoms with van der Waals surface area (Å²) in [5, 5.41) is 12.6. The number of anilines is 1. The van der Waals surface area contributed by atoms with E-state index in [2.05, 4.69) is 5.32 Å². The van der Waals surface area contributed by atoms with Gasteiger partial charge in [0.05, 0.1) is 7.11 Å². The number of nitrogens with two attached hydrogens (primary N) is 1. The average molecular weight is 292 g/mol. The molecule has 1 aliphatic rings. The second-order valence-corrected chi connectivity index (χ2v) is 5.88. The van der Waals surface area contributed by atoms with E-state index in [4.69, 9.17) is 10.5 Å². The van der Waals surface area contributed by atoms with E-state index in [1.807, 2.05) is 0 Å². The summed E-state index contributed by atoms with van der Waals surface area (Å²) in [6.07, 6.45) is 6.00. The number of phenolic OH excluding ortho intramolecular Hbond substituents is 1. The van der Waals surface area contributed by atoms with E-state index < -0.39 is 0 Å². The molecular weight excluding hydrogens is 268 g/mol. The molecule has 0 aromatic heterocycles. The standard InChI is InChI=1S/C16H24N2O3/c1-21-14-6-5-12(9-13(14)19)18-15(20)10-16(11-17)7-3-2-4-8-16/h5-6,9,19H,2-4,7-8,10-11,17H2,1H3,(H,18,20). The highest BCUT2D eigenvalue weighted by Gasteiger charge is 2.32. The summed E-state index contributed by atoms with van der Waals surface area (Å²) in [6.45, 7) is 0.550. The smallest absolute Gasteiger partial charge is 0.224 e. The highest BCUT2D eigenvalue weighted by Crippen LogP contribution is 2.38. The lowest BCUT2D eigenvalue weighted by atomic mass is 9.71. The molecule has 4 N–H and O–H groups in total. The third-order valence-corrected chi connectivity index (χ3v) is 4.35. The number of aromatic hydroxyl groups is 1. The molecule has 1 saturated carbocycles. The zero-order valence-electron chi connectivity index (χ0n) is 12.5. The maximum absolute atomic E-state index is 12.2. The van der Waals surface area contributed by atoms with Crippen LogP contribution in [0.2, 0.25) is 0 Å². The van der Waals surface area contributed by atoms with Gasteiger partial charge in [-0.15, -0.1) is 0 Å². The Labute approximate surface area is 125 Å². The Bertz CT molecular complexity index is 496. The molecule has 5 heteroatoms. The Balaban J connectivity index is 1.99. The largest absolute Gasteiger partial charge is 0.504 e. The maximum Gasteiger partial charge on any atom is 0.224 e. The van der Waals surface area contributed by atoms with Gasteiger partial charge in [0.15, 0.2) is 11.5 Å². The number of hydrogen-bond donors (Lipinski definition) is 3. The Morgan fingerprint density at radius 1 is 1.38 bits per heavy atom. The summed E-state index contributed by atoms with van der Waals surface area (Å²) in [5.41, 5.74) is 6.42. The van der Waals surface area contributed by atoms with Crippen LogP contribution >= 0.6 is 0 Å². The Morgan fingerprint density at radius 2 is 2.10 bits per heavy atom. The van der Waals surface area contributed by atoms with Crippen LogP contribution in [0.15, 0.2) is 18.2 Å². The Morgan fingerprint density at radius 3 is 2.67 bits per heavy atom. The van der Waals surface area contributed by atoms with Gasteiger partial charge in [-0.1, -0.05) is 19.3 Å². The van der Waals surface area contributed by atoms with Gasteiger partial charge in [-0.2, -0.15) is 0 Å². The second kappa shape index (κ2) is 6.80. The molecule has 0 aliphatic heterocycles. The van der Waals surface area contributed by atoms with Crippen molar-refractivity contribution < 1.29 is 14.6 Å². The van der Waals surface area contributed by atoms with Crippen LogP contribution in [-0.4, -0.2) is 24.7 Å². The zero-order chi connectivity index (χ0) is 15.3. The number of nitrogens with one attached hydrogen (secondary N) is 1. The SMILES string of the molecule is COc1ccc(NC(=O)CC2(CN)CCCCC2)cc1O. The van der Waals surface area contributed by atoms with Crippen molar-refractivity contribution in [1.82, 2.24) is 0 Å². The van der Waals surface area contributed by atoms with Crippen molar-refractivity contribution in [2.45, 2.75) is 38.5 Å². The molecule has 0 unspecified atom stereocenters. The topological polar surface area (TPSA) is 84.6 Å². The fourth-order valence-electron chi connectivity index (χ4n) is 3.07. The lowest BCUT2D eigenvalue weighted by Crippen LogP contribution is -2.36. The molecule has 0 heterocycles. The lowest BCUT2D eigenvalue weighted by Gasteiger charge is -2.35. The Hall–Kier alpha value is -1.75. The molecule has 21 heavy (non-hydrogen) atoms. The summed E-state index contributed by atoms with van der Waals surface area (Å²) in [4.78, 5) is 12.2. The number of methoxy groups -OCH3 is 1. The van der Waals surface area contributed by atoms with Gasteiger partial charge in [-0.3, -0.25) is 4.79 Å². The number of carbonyl (C=O) groups excluding carboxylic acids is 1. The first kappa shape index (κ1) is 15.6. The lowest BCUT2D eigenvalue weighted by molar-refractivity contribution is -0.118. The molecule has 1 aromatic rings. The van der Waals surface area contributed by atoms with Crippen LogP contribution in [0.4, 0.5) is 5.69 Å². The number of amides is 1. The number of rotatable bonds is 5. The van der Waals surface area contributed by atoms with Crippen molar-refractivity contribution in [2.75, 3.05) is 19.0 Å². The molecule has 0 atom stereocenters. The first-order valence-corrected chi connectivity index (χ1v) is 7.45. The van der Waals surface area contributed by atoms with Crippen LogP contribution in [0.3, 0.4) is 0 Å². The summed E-state index contributed by atoms with van der Waals surface area (Å²) in [7, 11) is 1.49. The van der Waals surface area contributed by atoms with Crippen LogP contribution in [0.5, 0.6) is 11.5 Å². The van der Waals surface area contributed by atoms with Gasteiger partial charge in [0.1, 0.15) is 0 Å². The van der Waals surface area contributed by atoms with E-state index in [0.29, 0.717) is 24.4 Å². The predicted molar refractivity (Wildman–Crippen MR) is 82.5 cm³/mol. The van der Waals surface area contributed by atoms with Crippen molar-refractivity contribution in [2.24, 2.45) is 11.1 Å². The molecule has 5 nitrogen and oxygen atoms in total. The number of phenols is 1. The molecule has 0 saturated heterocycles. The Kier molecular flexibility index (Phi) is 5.07. The normalized spacial score (nSPS) is 17.2. The van der Waals surface area contributed by atoms with Crippen LogP contribution in [0.1, 0.15) is 38.5 Å². The number of carbonyl (C=O) groups is 1. The predicted octanol–water partition coefficient (Wildman–Crippen LogP) is 2.64. The first-order valence-electron chi connectivity index (χ1n) is 7.45. The number of hydrogen-bond acceptors (Lipinski definition) is 4. The molecule has 0 radical (unpaired) electrons. The quantitative estimate of drug-likeness (QED) is 0.779. The molecular formula is C16H24N2O3. The molecule has 1 amide bonds. The minimum atomic E-state index is -0.0587. The maximum atomic E-state index is 12.2. The van der Waals surface area contributed by atoms with Gasteiger partial charge in [-0.25, -0.2) is 0 Å². The summed E-state index contributed by atoms with van der Waals surface area (Å²) >= 11 is 0. The highest BCUT2D eigenvalue weighted by atomic mass is 16.5. The van der Waals surface area contributed by atoms with Crippen LogP contribution in [-0.2, 0) is 4.79 Å². The van der Waals surface area contributed by atoms with Crippen molar-refractivity contribution in [3.05, 3.63) is 18.2 Å². The zero-order valence-corrected chi connectivity index (χ0v) is 12.5. The third kappa shape index (κ3) is 3.88. The van der Waals surface area contributed by atoms with Crippen molar-refractivity contribution in [1.29, 1.82) is 0 Å². The van der Waals surface area contributed by atoms with Crippen molar-refractivity contribution >= 4 is 11.6 Å². The third-order valence-electron chi connectivity index (χ3n) is 4.35. The van der Waals surface area contributed by atoms with Gasteiger partial charge < -0.3 is 20.9 Å². The van der Waals surface area contributed by atoms with Crippen LogP contribution in [0.25, 0.3) is 0 Å². The molecule has 1 fully saturated rings. The van der Waals surface area contributed by atoms with Gasteiger partial charge in [0.25, 0.3) is 0 Å². The molecule has 2 rings (SSSR count). The molecule has 0 bridgehead atoms. The van der Waals surface area contributed by atoms with E-state index in [-0.39, 0.29) is 17.1 Å². The van der Waals surface area contributed by atoms with Gasteiger partial charge in [0, 0.05) is 18.2 Å². The molecule has 0 spiro atoms. The molecule has 1 aromatic carbocycles. The van der Waals surface area contributed by atoms with E-state index in [1.54, 1.807) is 12.1 Å². The van der Waals surface area contributed by atoms with E-state index >= 15 is 0 Å².